The van der Waals surface area contributed by atoms with Gasteiger partial charge in [-0.25, -0.2) is 4.98 Å². The average Bonchev–Trinajstić information content (AvgIpc) is 2.42. The minimum atomic E-state index is 0.665. The van der Waals surface area contributed by atoms with Crippen LogP contribution in [0.1, 0.15) is 45.9 Å². The summed E-state index contributed by atoms with van der Waals surface area (Å²) in [6, 6.07) is 1.90. The molecule has 4 nitrogen and oxygen atoms in total. The second-order valence-electron chi connectivity index (χ2n) is 4.99. The van der Waals surface area contributed by atoms with E-state index in [9.17, 15) is 0 Å². The van der Waals surface area contributed by atoms with Crippen LogP contribution in [-0.2, 0) is 6.42 Å². The topological polar surface area (TPSA) is 44.0 Å². The number of nitrogens with one attached hydrogen (secondary N) is 2. The number of aromatic nitrogens is 2. The average molecular weight is 296 g/mol. The summed E-state index contributed by atoms with van der Waals surface area (Å²) < 4.78 is 0.665. The van der Waals surface area contributed by atoms with Crippen LogP contribution in [0.2, 0.25) is 0 Å². The van der Waals surface area contributed by atoms with Crippen molar-refractivity contribution in [2.75, 3.05) is 31.5 Å². The quantitative estimate of drug-likeness (QED) is 0.511. The van der Waals surface area contributed by atoms with E-state index in [1.165, 1.54) is 19.4 Å². The molecule has 0 aromatic carbocycles. The molecule has 1 heterocycles. The standard InChI is InChI=1S/C15H28N4S/c1-4-9-13-17-14(12-15(20)18-13)16-10-7-8-11-19(5-2)6-3/h12H,4-11H2,1-3H3,(H2,16,17,18,20). The highest BCUT2D eigenvalue weighted by atomic mass is 32.1. The fraction of sp³-hybridized carbons (Fsp3) is 0.733. The zero-order valence-corrected chi connectivity index (χ0v) is 13.9. The van der Waals surface area contributed by atoms with E-state index in [0.29, 0.717) is 4.64 Å². The molecule has 0 unspecified atom stereocenters. The SMILES string of the molecule is CCCc1nc(=S)cc(NCCCCN(CC)CC)[nH]1. The second kappa shape index (κ2) is 9.88. The molecule has 1 rings (SSSR count). The van der Waals surface area contributed by atoms with Crippen LogP contribution in [-0.4, -0.2) is 41.0 Å². The Morgan fingerprint density at radius 3 is 2.65 bits per heavy atom. The molecular weight excluding hydrogens is 268 g/mol. The molecule has 2 N–H and O–H groups in total. The van der Waals surface area contributed by atoms with Crippen LogP contribution in [0.3, 0.4) is 0 Å². The summed E-state index contributed by atoms with van der Waals surface area (Å²) in [5.74, 6) is 1.97. The number of aromatic amines is 1. The van der Waals surface area contributed by atoms with Gasteiger partial charge in [0.2, 0.25) is 0 Å². The lowest BCUT2D eigenvalue weighted by atomic mass is 10.3. The van der Waals surface area contributed by atoms with Gasteiger partial charge in [0.15, 0.2) is 0 Å². The van der Waals surface area contributed by atoms with Crippen molar-refractivity contribution in [3.63, 3.8) is 0 Å². The summed E-state index contributed by atoms with van der Waals surface area (Å²) in [5, 5.41) is 3.41. The van der Waals surface area contributed by atoms with Crippen LogP contribution in [0.15, 0.2) is 6.07 Å². The summed E-state index contributed by atoms with van der Waals surface area (Å²) in [7, 11) is 0. The van der Waals surface area contributed by atoms with Crippen LogP contribution in [0.25, 0.3) is 0 Å². The number of rotatable bonds is 10. The van der Waals surface area contributed by atoms with E-state index in [1.807, 2.05) is 6.07 Å². The molecule has 0 bridgehead atoms. The van der Waals surface area contributed by atoms with Crippen LogP contribution < -0.4 is 5.32 Å². The number of H-pyrrole nitrogens is 1. The van der Waals surface area contributed by atoms with E-state index in [0.717, 1.165) is 44.1 Å². The first kappa shape index (κ1) is 17.1. The van der Waals surface area contributed by atoms with Gasteiger partial charge in [-0.2, -0.15) is 0 Å². The zero-order chi connectivity index (χ0) is 14.8. The first-order valence-corrected chi connectivity index (χ1v) is 8.16. The molecule has 114 valence electrons. The first-order valence-electron chi connectivity index (χ1n) is 7.76. The van der Waals surface area contributed by atoms with E-state index in [1.54, 1.807) is 0 Å². The van der Waals surface area contributed by atoms with Gasteiger partial charge in [-0.15, -0.1) is 0 Å². The number of unbranched alkanes of at least 4 members (excludes halogenated alkanes) is 1. The minimum absolute atomic E-state index is 0.665. The third-order valence-corrected chi connectivity index (χ3v) is 3.60. The Balaban J connectivity index is 2.33. The highest BCUT2D eigenvalue weighted by Crippen LogP contribution is 2.06. The van der Waals surface area contributed by atoms with Gasteiger partial charge in [-0.3, -0.25) is 0 Å². The number of nitrogens with zero attached hydrogens (tertiary/aromatic N) is 2. The molecule has 5 heteroatoms. The summed E-state index contributed by atoms with van der Waals surface area (Å²) in [4.78, 5) is 10.1. The predicted octanol–water partition coefficient (Wildman–Crippen LogP) is 3.63. The highest BCUT2D eigenvalue weighted by molar-refractivity contribution is 7.71. The Labute approximate surface area is 128 Å². The Kier molecular flexibility index (Phi) is 8.46. The maximum Gasteiger partial charge on any atom is 0.131 e. The van der Waals surface area contributed by atoms with Gasteiger partial charge in [0.25, 0.3) is 0 Å². The maximum absolute atomic E-state index is 5.19. The fourth-order valence-electron chi connectivity index (χ4n) is 2.18. The van der Waals surface area contributed by atoms with Gasteiger partial charge < -0.3 is 15.2 Å². The third kappa shape index (κ3) is 6.48. The molecule has 0 atom stereocenters. The zero-order valence-electron chi connectivity index (χ0n) is 13.0. The molecular formula is C15H28N4S. The molecule has 1 aromatic rings. The number of anilines is 1. The van der Waals surface area contributed by atoms with Gasteiger partial charge in [-0.05, 0) is 38.9 Å². The van der Waals surface area contributed by atoms with E-state index >= 15 is 0 Å². The van der Waals surface area contributed by atoms with Gasteiger partial charge in [0.05, 0.1) is 0 Å². The largest absolute Gasteiger partial charge is 0.372 e. The van der Waals surface area contributed by atoms with Crippen molar-refractivity contribution < 1.29 is 0 Å². The van der Waals surface area contributed by atoms with Gasteiger partial charge in [0, 0.05) is 19.0 Å². The lowest BCUT2D eigenvalue weighted by molar-refractivity contribution is 0.298. The molecule has 20 heavy (non-hydrogen) atoms. The molecule has 0 spiro atoms. The van der Waals surface area contributed by atoms with Gasteiger partial charge >= 0.3 is 0 Å². The smallest absolute Gasteiger partial charge is 0.131 e. The predicted molar refractivity (Wildman–Crippen MR) is 88.9 cm³/mol. The van der Waals surface area contributed by atoms with Crippen molar-refractivity contribution in [3.8, 4) is 0 Å². The monoisotopic (exact) mass is 296 g/mol. The molecule has 0 aliphatic carbocycles. The van der Waals surface area contributed by atoms with Crippen molar-refractivity contribution in [2.24, 2.45) is 0 Å². The molecule has 0 fully saturated rings. The molecule has 0 saturated heterocycles. The van der Waals surface area contributed by atoms with Crippen molar-refractivity contribution in [3.05, 3.63) is 16.5 Å². The van der Waals surface area contributed by atoms with Gasteiger partial charge in [-0.1, -0.05) is 33.0 Å². The molecule has 0 saturated carbocycles. The lowest BCUT2D eigenvalue weighted by Crippen LogP contribution is -2.24. The Hall–Kier alpha value is -0.940. The summed E-state index contributed by atoms with van der Waals surface area (Å²) in [6.45, 7) is 11.0. The molecule has 0 radical (unpaired) electrons. The maximum atomic E-state index is 5.19. The van der Waals surface area contributed by atoms with E-state index < -0.39 is 0 Å². The number of hydrogen-bond donors (Lipinski definition) is 2. The normalized spacial score (nSPS) is 11.0. The minimum Gasteiger partial charge on any atom is -0.372 e. The van der Waals surface area contributed by atoms with Crippen LogP contribution >= 0.6 is 12.2 Å². The summed E-state index contributed by atoms with van der Waals surface area (Å²) in [6.07, 6.45) is 4.41. The van der Waals surface area contributed by atoms with E-state index in [2.05, 4.69) is 41.0 Å². The van der Waals surface area contributed by atoms with Crippen LogP contribution in [0.4, 0.5) is 5.82 Å². The first-order chi connectivity index (χ1) is 9.69. The number of hydrogen-bond acceptors (Lipinski definition) is 4. The van der Waals surface area contributed by atoms with Crippen molar-refractivity contribution in [1.82, 2.24) is 14.9 Å². The van der Waals surface area contributed by atoms with Crippen LogP contribution in [0, 0.1) is 4.64 Å². The Bertz CT molecular complexity index is 426. The lowest BCUT2D eigenvalue weighted by Gasteiger charge is -2.17. The van der Waals surface area contributed by atoms with E-state index in [4.69, 9.17) is 12.2 Å². The molecule has 0 amide bonds. The van der Waals surface area contributed by atoms with Crippen molar-refractivity contribution in [1.29, 1.82) is 0 Å². The Morgan fingerprint density at radius 2 is 2.00 bits per heavy atom. The van der Waals surface area contributed by atoms with E-state index in [-0.39, 0.29) is 0 Å². The highest BCUT2D eigenvalue weighted by Gasteiger charge is 2.00. The summed E-state index contributed by atoms with van der Waals surface area (Å²) >= 11 is 5.19. The van der Waals surface area contributed by atoms with Crippen molar-refractivity contribution >= 4 is 18.0 Å². The number of aryl methyl sites for hydroxylation is 1. The summed E-state index contributed by atoms with van der Waals surface area (Å²) in [5.41, 5.74) is 0. The fourth-order valence-corrected chi connectivity index (χ4v) is 2.41. The molecule has 0 aliphatic rings. The molecule has 0 aliphatic heterocycles. The van der Waals surface area contributed by atoms with Crippen LogP contribution in [0.5, 0.6) is 0 Å². The van der Waals surface area contributed by atoms with Gasteiger partial charge in [0.1, 0.15) is 16.3 Å². The Morgan fingerprint density at radius 1 is 1.25 bits per heavy atom. The second-order valence-corrected chi connectivity index (χ2v) is 5.41. The van der Waals surface area contributed by atoms with Crippen molar-refractivity contribution in [2.45, 2.75) is 46.5 Å². The third-order valence-electron chi connectivity index (χ3n) is 3.39. The molecule has 1 aromatic heterocycles.